The van der Waals surface area contributed by atoms with Crippen molar-refractivity contribution >= 4 is 11.7 Å². The second kappa shape index (κ2) is 23.8. The van der Waals surface area contributed by atoms with Crippen LogP contribution in [0.25, 0.3) is 0 Å². The molecule has 2 unspecified atom stereocenters. The van der Waals surface area contributed by atoms with Gasteiger partial charge in [0, 0.05) is 63.4 Å². The number of nitrogens with zero attached hydrogens (tertiary/aromatic N) is 3. The van der Waals surface area contributed by atoms with Gasteiger partial charge in [-0.05, 0) is 81.9 Å². The molecule has 0 bridgehead atoms. The predicted molar refractivity (Wildman–Crippen MR) is 230 cm³/mol. The molecule has 354 valence electrons. The van der Waals surface area contributed by atoms with Crippen molar-refractivity contribution in [3.05, 3.63) is 0 Å². The molecule has 61 heavy (non-hydrogen) atoms. The Morgan fingerprint density at radius 1 is 0.918 bits per heavy atom. The normalized spacial score (nSPS) is 42.9. The van der Waals surface area contributed by atoms with E-state index in [1.807, 2.05) is 53.7 Å². The summed E-state index contributed by atoms with van der Waals surface area (Å²) in [4.78, 5) is 24.3. The molecule has 3 aliphatic heterocycles. The van der Waals surface area contributed by atoms with Crippen molar-refractivity contribution in [2.24, 2.45) is 28.8 Å². The Morgan fingerprint density at radius 2 is 1.59 bits per heavy atom. The van der Waals surface area contributed by atoms with Crippen LogP contribution in [0.15, 0.2) is 5.16 Å². The second-order valence-corrected chi connectivity index (χ2v) is 18.4. The number of carbonyl (C=O) groups is 1. The first-order valence-electron chi connectivity index (χ1n) is 22.3. The Kier molecular flexibility index (Phi) is 20.8. The second-order valence-electron chi connectivity index (χ2n) is 18.4. The van der Waals surface area contributed by atoms with Gasteiger partial charge in [0.2, 0.25) is 0 Å². The number of esters is 1. The van der Waals surface area contributed by atoms with E-state index in [1.165, 1.54) is 14.0 Å². The fraction of sp³-hybridized carbons (Fsp3) is 0.911. The van der Waals surface area contributed by atoms with Gasteiger partial charge in [-0.3, -0.25) is 9.69 Å². The Labute approximate surface area is 365 Å². The molecule has 0 saturated carbocycles. The van der Waals surface area contributed by atoms with Crippen molar-refractivity contribution in [3.63, 3.8) is 0 Å². The van der Waals surface area contributed by atoms with Gasteiger partial charge >= 0.3 is 5.97 Å². The van der Waals surface area contributed by atoms with Crippen molar-refractivity contribution in [1.29, 1.82) is 0 Å². The smallest absolute Gasteiger partial charge is 0.311 e. The average Bonchev–Trinajstić information content (AvgIpc) is 3.20. The maximum Gasteiger partial charge on any atom is 0.311 e. The van der Waals surface area contributed by atoms with Crippen LogP contribution >= 0.6 is 0 Å². The molecule has 0 aromatic heterocycles. The van der Waals surface area contributed by atoms with Crippen molar-refractivity contribution in [1.82, 2.24) is 9.80 Å². The van der Waals surface area contributed by atoms with Crippen LogP contribution in [-0.2, 0) is 42.8 Å². The number of aliphatic hydroxyl groups excluding tert-OH is 3. The highest BCUT2D eigenvalue weighted by Gasteiger charge is 2.52. The molecule has 3 saturated heterocycles. The summed E-state index contributed by atoms with van der Waals surface area (Å²) in [6, 6.07) is -0.137. The van der Waals surface area contributed by atoms with Crippen LogP contribution in [0.3, 0.4) is 0 Å². The van der Waals surface area contributed by atoms with Gasteiger partial charge in [0.1, 0.15) is 30.5 Å². The fourth-order valence-electron chi connectivity index (χ4n) is 9.16. The van der Waals surface area contributed by atoms with Crippen molar-refractivity contribution in [2.75, 3.05) is 54.6 Å². The number of likely N-dealkylation sites (N-methyl/N-ethyl adjacent to an activating group) is 2. The molecule has 4 N–H and O–H groups in total. The van der Waals surface area contributed by atoms with E-state index in [-0.39, 0.29) is 38.0 Å². The topological polar surface area (TPSA) is 191 Å². The summed E-state index contributed by atoms with van der Waals surface area (Å²) in [7, 11) is 7.33. The Morgan fingerprint density at radius 3 is 2.18 bits per heavy atom. The van der Waals surface area contributed by atoms with Gasteiger partial charge in [-0.15, -0.1) is 12.3 Å². The quantitative estimate of drug-likeness (QED) is 0.0812. The maximum absolute atomic E-state index is 14.4. The lowest BCUT2D eigenvalue weighted by Crippen LogP contribution is -2.60. The molecule has 0 spiro atoms. The number of carbonyl (C=O) groups excluding carboxylic acids is 1. The molecule has 3 aliphatic rings. The maximum atomic E-state index is 14.4. The standard InChI is InChI=1S/C45H81N3O13/c1-16-19-20-48(14)32-24-27(5)57-43(39(32)55-18-3)61-38-29(7)37(60-35-25-44(10,54-15)41(51)31(9)58-35)30(8)42(52)59-34(17-2)45(11,53)40(50)28(6)36(26(4)23-33(38)49)46-56-22-21-47(12)13/h1,26-35,37-41,43,49-51,53H,17-25H2,2-15H3/b46-36+/t26-,27-,28+,29+,30-,31+,32?,33-,34?,35+,37+,38-,39-,40-,41+,43+,44-,45-/m1/s1. The number of oxime groups is 1. The summed E-state index contributed by atoms with van der Waals surface area (Å²) in [6.45, 7) is 19.5. The first-order chi connectivity index (χ1) is 28.6. The highest BCUT2D eigenvalue weighted by atomic mass is 16.7. The molecule has 16 nitrogen and oxygen atoms in total. The lowest BCUT2D eigenvalue weighted by molar-refractivity contribution is -0.314. The van der Waals surface area contributed by atoms with Gasteiger partial charge in [0.05, 0.1) is 53.9 Å². The molecule has 3 rings (SSSR count). The molecule has 0 aromatic rings. The highest BCUT2D eigenvalue weighted by molar-refractivity contribution is 5.88. The van der Waals surface area contributed by atoms with E-state index in [1.54, 1.807) is 34.6 Å². The minimum absolute atomic E-state index is 0.0742. The van der Waals surface area contributed by atoms with Crippen LogP contribution in [-0.4, -0.2) is 181 Å². The molecular weight excluding hydrogens is 791 g/mol. The van der Waals surface area contributed by atoms with Crippen molar-refractivity contribution in [2.45, 2.75) is 186 Å². The number of ether oxygens (including phenoxy) is 7. The van der Waals surface area contributed by atoms with Crippen LogP contribution in [0, 0.1) is 36.0 Å². The summed E-state index contributed by atoms with van der Waals surface area (Å²) in [5, 5.41) is 52.0. The third-order valence-corrected chi connectivity index (χ3v) is 13.2. The molecule has 3 fully saturated rings. The van der Waals surface area contributed by atoms with E-state index >= 15 is 0 Å². The van der Waals surface area contributed by atoms with Gasteiger partial charge in [-0.25, -0.2) is 0 Å². The van der Waals surface area contributed by atoms with Crippen LogP contribution in [0.1, 0.15) is 101 Å². The first kappa shape index (κ1) is 53.4. The molecule has 16 heteroatoms. The van der Waals surface area contributed by atoms with E-state index in [0.29, 0.717) is 38.2 Å². The zero-order chi connectivity index (χ0) is 46.0. The lowest BCUT2D eigenvalue weighted by atomic mass is 9.77. The minimum atomic E-state index is -1.92. The van der Waals surface area contributed by atoms with Crippen LogP contribution in [0.4, 0.5) is 0 Å². The molecule has 0 aromatic carbocycles. The van der Waals surface area contributed by atoms with E-state index < -0.39 is 102 Å². The molecule has 3 heterocycles. The molecule has 0 amide bonds. The molecule has 0 aliphatic carbocycles. The van der Waals surface area contributed by atoms with E-state index in [9.17, 15) is 25.2 Å². The summed E-state index contributed by atoms with van der Waals surface area (Å²) in [6.07, 6.45) is -3.08. The zero-order valence-electron chi connectivity index (χ0n) is 39.5. The molecule has 0 radical (unpaired) electrons. The van der Waals surface area contributed by atoms with Crippen molar-refractivity contribution < 1.29 is 63.2 Å². The van der Waals surface area contributed by atoms with Gasteiger partial charge in [-0.2, -0.15) is 0 Å². The summed E-state index contributed by atoms with van der Waals surface area (Å²) >= 11 is 0. The summed E-state index contributed by atoms with van der Waals surface area (Å²) in [5.74, 6) is -1.07. The Balaban J connectivity index is 2.24. The number of rotatable bonds is 15. The van der Waals surface area contributed by atoms with Gasteiger partial charge in [0.15, 0.2) is 12.6 Å². The Bertz CT molecular complexity index is 1410. The van der Waals surface area contributed by atoms with Gasteiger partial charge < -0.3 is 63.3 Å². The number of aliphatic hydroxyl groups is 4. The van der Waals surface area contributed by atoms with Crippen LogP contribution < -0.4 is 0 Å². The lowest BCUT2D eigenvalue weighted by Gasteiger charge is -2.48. The monoisotopic (exact) mass is 872 g/mol. The van der Waals surface area contributed by atoms with Gasteiger partial charge in [-0.1, -0.05) is 32.9 Å². The number of cyclic esters (lactones) is 1. The molecule has 18 atom stereocenters. The van der Waals surface area contributed by atoms with Gasteiger partial charge in [0.25, 0.3) is 0 Å². The SMILES string of the molecule is C#CCCN(C)C1C[C@@H](C)O[C@@H](O[C@@H]2[C@@H](C)[C@H](O[C@H]3C[C@@](C)(OC)[C@@H](O)[C@H](C)O3)[C@@H](C)C(=O)OC(CC)[C@@](C)(O)[C@H](O)[C@@H](C)/C(=N/OCCN(C)C)[C@H](C)C[C@H]2O)[C@@H]1OCC. The minimum Gasteiger partial charge on any atom is -0.459 e. The largest absolute Gasteiger partial charge is 0.459 e. The third-order valence-electron chi connectivity index (χ3n) is 13.2. The molecular formula is C45H81N3O13. The predicted octanol–water partition coefficient (Wildman–Crippen LogP) is 3.20. The summed E-state index contributed by atoms with van der Waals surface area (Å²) < 4.78 is 44.8. The van der Waals surface area contributed by atoms with E-state index in [2.05, 4.69) is 16.0 Å². The van der Waals surface area contributed by atoms with E-state index in [4.69, 9.17) is 44.4 Å². The number of hydrogen-bond acceptors (Lipinski definition) is 16. The number of methoxy groups -OCH3 is 1. The highest BCUT2D eigenvalue weighted by Crippen LogP contribution is 2.39. The zero-order valence-corrected chi connectivity index (χ0v) is 39.5. The van der Waals surface area contributed by atoms with Crippen LogP contribution in [0.5, 0.6) is 0 Å². The average molecular weight is 872 g/mol. The Hall–Kier alpha value is -1.98. The van der Waals surface area contributed by atoms with Crippen LogP contribution in [0.2, 0.25) is 0 Å². The number of hydrogen-bond donors (Lipinski definition) is 4. The first-order valence-corrected chi connectivity index (χ1v) is 22.3. The number of terminal acetylenes is 1. The fourth-order valence-corrected chi connectivity index (χ4v) is 9.16. The van der Waals surface area contributed by atoms with Crippen molar-refractivity contribution in [3.8, 4) is 12.3 Å². The van der Waals surface area contributed by atoms with E-state index in [0.717, 1.165) is 0 Å². The summed E-state index contributed by atoms with van der Waals surface area (Å²) in [5.41, 5.74) is -2.55. The third kappa shape index (κ3) is 13.5.